The number of hydrogen-bond donors (Lipinski definition) is 1. The summed E-state index contributed by atoms with van der Waals surface area (Å²) in [6, 6.07) is 4.52. The molecule has 0 amide bonds. The van der Waals surface area contributed by atoms with Gasteiger partial charge in [-0.15, -0.1) is 0 Å². The van der Waals surface area contributed by atoms with Crippen LogP contribution in [0.4, 0.5) is 4.39 Å². The van der Waals surface area contributed by atoms with Crippen LogP contribution in [0.1, 0.15) is 36.1 Å². The molecule has 1 aromatic carbocycles. The molecule has 94 valence electrons. The van der Waals surface area contributed by atoms with Gasteiger partial charge >= 0.3 is 0 Å². The minimum atomic E-state index is -0.0925. The maximum atomic E-state index is 13.5. The molecule has 17 heavy (non-hydrogen) atoms. The highest BCUT2D eigenvalue weighted by atomic mass is 19.1. The maximum Gasteiger partial charge on any atom is 0.129 e. The van der Waals surface area contributed by atoms with Gasteiger partial charge in [0.2, 0.25) is 0 Å². The van der Waals surface area contributed by atoms with E-state index < -0.39 is 0 Å². The number of halogens is 1. The monoisotopic (exact) mass is 237 g/mol. The van der Waals surface area contributed by atoms with Crippen LogP contribution in [-0.2, 0) is 4.74 Å². The van der Waals surface area contributed by atoms with Gasteiger partial charge in [-0.2, -0.15) is 0 Å². The minimum Gasteiger partial charge on any atom is -0.380 e. The zero-order chi connectivity index (χ0) is 12.4. The summed E-state index contributed by atoms with van der Waals surface area (Å²) in [5.41, 5.74) is 2.58. The van der Waals surface area contributed by atoms with Gasteiger partial charge in [0, 0.05) is 18.7 Å². The molecule has 1 heterocycles. The van der Waals surface area contributed by atoms with E-state index in [1.54, 1.807) is 0 Å². The van der Waals surface area contributed by atoms with Crippen molar-refractivity contribution in [1.82, 2.24) is 5.32 Å². The van der Waals surface area contributed by atoms with Crippen molar-refractivity contribution in [2.75, 3.05) is 13.2 Å². The van der Waals surface area contributed by atoms with Crippen molar-refractivity contribution in [2.24, 2.45) is 0 Å². The normalized spacial score (nSPS) is 21.8. The van der Waals surface area contributed by atoms with Crippen LogP contribution in [0, 0.1) is 19.7 Å². The van der Waals surface area contributed by atoms with E-state index >= 15 is 0 Å². The molecule has 0 spiro atoms. The van der Waals surface area contributed by atoms with Crippen LogP contribution in [0.15, 0.2) is 12.1 Å². The fourth-order valence-corrected chi connectivity index (χ4v) is 2.35. The summed E-state index contributed by atoms with van der Waals surface area (Å²) >= 11 is 0. The van der Waals surface area contributed by atoms with E-state index in [9.17, 15) is 4.39 Å². The summed E-state index contributed by atoms with van der Waals surface area (Å²) in [6.45, 7) is 7.37. The molecule has 0 saturated carbocycles. The Kier molecular flexibility index (Phi) is 3.79. The molecule has 1 fully saturated rings. The van der Waals surface area contributed by atoms with Gasteiger partial charge < -0.3 is 10.1 Å². The van der Waals surface area contributed by atoms with Gasteiger partial charge in [-0.05, 0) is 43.9 Å². The molecule has 2 unspecified atom stereocenters. The third kappa shape index (κ3) is 2.85. The summed E-state index contributed by atoms with van der Waals surface area (Å²) in [6.07, 6.45) is 1.06. The quantitative estimate of drug-likeness (QED) is 0.872. The first-order valence-electron chi connectivity index (χ1n) is 6.18. The molecule has 0 aromatic heterocycles. The first-order valence-corrected chi connectivity index (χ1v) is 6.18. The second-order valence-corrected chi connectivity index (χ2v) is 4.92. The number of ether oxygens (including phenoxy) is 1. The Morgan fingerprint density at radius 2 is 2.00 bits per heavy atom. The van der Waals surface area contributed by atoms with E-state index in [1.165, 1.54) is 0 Å². The average Bonchev–Trinajstić information content (AvgIpc) is 2.77. The lowest BCUT2D eigenvalue weighted by atomic mass is 10.0. The molecule has 0 radical (unpaired) electrons. The van der Waals surface area contributed by atoms with Gasteiger partial charge in [-0.25, -0.2) is 4.39 Å². The first kappa shape index (κ1) is 12.5. The van der Waals surface area contributed by atoms with Gasteiger partial charge in [0.15, 0.2) is 0 Å². The zero-order valence-electron chi connectivity index (χ0n) is 10.7. The zero-order valence-corrected chi connectivity index (χ0v) is 10.7. The summed E-state index contributed by atoms with van der Waals surface area (Å²) in [5.74, 6) is -0.0925. The number of hydrogen-bond acceptors (Lipinski definition) is 2. The number of aryl methyl sites for hydroxylation is 2. The summed E-state index contributed by atoms with van der Waals surface area (Å²) in [5, 5.41) is 3.52. The number of rotatable bonds is 3. The molecule has 0 aliphatic carbocycles. The standard InChI is InChI=1S/C14H20FNO/c1-9-6-12(7-10(2)14(9)15)11(3)16-13-4-5-17-8-13/h6-7,11,13,16H,4-5,8H2,1-3H3. The Hall–Kier alpha value is -0.930. The minimum absolute atomic E-state index is 0.0925. The predicted molar refractivity (Wildman–Crippen MR) is 66.6 cm³/mol. The topological polar surface area (TPSA) is 21.3 Å². The van der Waals surface area contributed by atoms with Crippen LogP contribution < -0.4 is 5.32 Å². The highest BCUT2D eigenvalue weighted by molar-refractivity contribution is 5.32. The van der Waals surface area contributed by atoms with E-state index in [-0.39, 0.29) is 11.9 Å². The molecular formula is C14H20FNO. The second-order valence-electron chi connectivity index (χ2n) is 4.92. The molecule has 1 aliphatic rings. The molecule has 3 heteroatoms. The summed E-state index contributed by atoms with van der Waals surface area (Å²) in [4.78, 5) is 0. The Morgan fingerprint density at radius 1 is 1.35 bits per heavy atom. The Balaban J connectivity index is 2.10. The molecule has 0 bridgehead atoms. The molecule has 2 nitrogen and oxygen atoms in total. The largest absolute Gasteiger partial charge is 0.380 e. The van der Waals surface area contributed by atoms with Crippen molar-refractivity contribution >= 4 is 0 Å². The molecule has 2 atom stereocenters. The molecule has 1 aromatic rings. The van der Waals surface area contributed by atoms with Crippen LogP contribution in [0.5, 0.6) is 0 Å². The van der Waals surface area contributed by atoms with Crippen LogP contribution in [0.25, 0.3) is 0 Å². The Bertz CT molecular complexity index is 376. The second kappa shape index (κ2) is 5.15. The van der Waals surface area contributed by atoms with Gasteiger partial charge in [0.1, 0.15) is 5.82 Å². The van der Waals surface area contributed by atoms with E-state index in [0.29, 0.717) is 6.04 Å². The van der Waals surface area contributed by atoms with Crippen LogP contribution in [0.3, 0.4) is 0 Å². The van der Waals surface area contributed by atoms with Crippen LogP contribution in [-0.4, -0.2) is 19.3 Å². The van der Waals surface area contributed by atoms with E-state index in [1.807, 2.05) is 26.0 Å². The molecule has 1 saturated heterocycles. The molecule has 1 aliphatic heterocycles. The smallest absolute Gasteiger partial charge is 0.129 e. The van der Waals surface area contributed by atoms with Gasteiger partial charge in [-0.1, -0.05) is 12.1 Å². The lowest BCUT2D eigenvalue weighted by Crippen LogP contribution is -2.31. The third-order valence-corrected chi connectivity index (χ3v) is 3.37. The fourth-order valence-electron chi connectivity index (χ4n) is 2.35. The molecule has 2 rings (SSSR count). The SMILES string of the molecule is Cc1cc(C(C)NC2CCOC2)cc(C)c1F. The highest BCUT2D eigenvalue weighted by Crippen LogP contribution is 2.21. The highest BCUT2D eigenvalue weighted by Gasteiger charge is 2.18. The average molecular weight is 237 g/mol. The van der Waals surface area contributed by atoms with Gasteiger partial charge in [0.05, 0.1) is 6.61 Å². The van der Waals surface area contributed by atoms with Gasteiger partial charge in [-0.3, -0.25) is 0 Å². The Morgan fingerprint density at radius 3 is 2.53 bits per heavy atom. The summed E-state index contributed by atoms with van der Waals surface area (Å²) in [7, 11) is 0. The summed E-state index contributed by atoms with van der Waals surface area (Å²) < 4.78 is 18.9. The van der Waals surface area contributed by atoms with Crippen molar-refractivity contribution in [3.8, 4) is 0 Å². The lowest BCUT2D eigenvalue weighted by Gasteiger charge is -2.19. The van der Waals surface area contributed by atoms with Crippen molar-refractivity contribution in [3.63, 3.8) is 0 Å². The van der Waals surface area contributed by atoms with E-state index in [4.69, 9.17) is 4.74 Å². The van der Waals surface area contributed by atoms with Crippen LogP contribution >= 0.6 is 0 Å². The Labute approximate surface area is 102 Å². The predicted octanol–water partition coefficient (Wildman–Crippen LogP) is 2.88. The van der Waals surface area contributed by atoms with E-state index in [2.05, 4.69) is 12.2 Å². The third-order valence-electron chi connectivity index (χ3n) is 3.37. The fraction of sp³-hybridized carbons (Fsp3) is 0.571. The molecule has 1 N–H and O–H groups in total. The van der Waals surface area contributed by atoms with Crippen LogP contribution in [0.2, 0.25) is 0 Å². The maximum absolute atomic E-state index is 13.5. The van der Waals surface area contributed by atoms with E-state index in [0.717, 1.165) is 36.3 Å². The van der Waals surface area contributed by atoms with Crippen molar-refractivity contribution < 1.29 is 9.13 Å². The van der Waals surface area contributed by atoms with Crippen molar-refractivity contribution in [2.45, 2.75) is 39.3 Å². The number of nitrogens with one attached hydrogen (secondary N) is 1. The lowest BCUT2D eigenvalue weighted by molar-refractivity contribution is 0.188. The van der Waals surface area contributed by atoms with Crippen molar-refractivity contribution in [3.05, 3.63) is 34.6 Å². The first-order chi connectivity index (χ1) is 8.08. The number of benzene rings is 1. The van der Waals surface area contributed by atoms with Gasteiger partial charge in [0.25, 0.3) is 0 Å². The molecular weight excluding hydrogens is 217 g/mol. The van der Waals surface area contributed by atoms with Crippen molar-refractivity contribution in [1.29, 1.82) is 0 Å².